The summed E-state index contributed by atoms with van der Waals surface area (Å²) in [7, 11) is 0. The highest BCUT2D eigenvalue weighted by Gasteiger charge is 2.31. The maximum atomic E-state index is 5.80. The van der Waals surface area contributed by atoms with Gasteiger partial charge in [0.05, 0.1) is 5.56 Å². The minimum absolute atomic E-state index is 0.403. The molecule has 0 amide bonds. The van der Waals surface area contributed by atoms with Crippen LogP contribution in [0.25, 0.3) is 6.08 Å². The number of nitrogen functional groups attached to an aromatic ring is 1. The Labute approximate surface area is 96.7 Å². The lowest BCUT2D eigenvalue weighted by molar-refractivity contribution is 0.147. The molecule has 0 spiro atoms. The predicted molar refractivity (Wildman–Crippen MR) is 62.8 cm³/mol. The number of nitrogens with two attached hydrogens (primary N) is 1. The van der Waals surface area contributed by atoms with Crippen LogP contribution in [0.3, 0.4) is 0 Å². The molecule has 1 aromatic heterocycles. The molecule has 0 saturated carbocycles. The number of hydrogen-bond acceptors (Lipinski definition) is 4. The van der Waals surface area contributed by atoms with Gasteiger partial charge in [0.25, 0.3) is 0 Å². The highest BCUT2D eigenvalue weighted by atomic mass is 79.9. The third-order valence-corrected chi connectivity index (χ3v) is 3.43. The van der Waals surface area contributed by atoms with Gasteiger partial charge >= 0.3 is 0 Å². The molecule has 0 saturated heterocycles. The second-order valence-corrected chi connectivity index (χ2v) is 4.83. The Bertz CT molecular complexity index is 454. The minimum atomic E-state index is -0.403. The quantitative estimate of drug-likeness (QED) is 0.785. The van der Waals surface area contributed by atoms with Crippen LogP contribution < -0.4 is 10.5 Å². The largest absolute Gasteiger partial charge is 0.466 e. The van der Waals surface area contributed by atoms with Gasteiger partial charge in [0.15, 0.2) is 0 Å². The zero-order valence-electron chi connectivity index (χ0n) is 8.84. The molecule has 1 aliphatic heterocycles. The third-order valence-electron chi connectivity index (χ3n) is 2.25. The average Bonchev–Trinajstić information content (AvgIpc) is 2.08. The van der Waals surface area contributed by atoms with Crippen LogP contribution in [0.4, 0.5) is 5.82 Å². The number of nitrogens with zero attached hydrogens (tertiary/aromatic N) is 2. The first-order valence-corrected chi connectivity index (χ1v) is 5.40. The fourth-order valence-electron chi connectivity index (χ4n) is 1.38. The predicted octanol–water partition coefficient (Wildman–Crippen LogP) is 2.27. The zero-order valence-corrected chi connectivity index (χ0v) is 10.4. The molecule has 5 heteroatoms. The van der Waals surface area contributed by atoms with E-state index in [1.807, 2.05) is 19.9 Å². The molecule has 1 aromatic rings. The summed E-state index contributed by atoms with van der Waals surface area (Å²) >= 11 is 3.46. The molecular weight excluding hydrogens is 258 g/mol. The van der Waals surface area contributed by atoms with Crippen LogP contribution >= 0.6 is 15.9 Å². The summed E-state index contributed by atoms with van der Waals surface area (Å²) in [5, 5.41) is 0. The van der Waals surface area contributed by atoms with Gasteiger partial charge in [0.2, 0.25) is 5.88 Å². The van der Waals surface area contributed by atoms with Gasteiger partial charge in [0, 0.05) is 4.48 Å². The third kappa shape index (κ3) is 1.71. The number of anilines is 1. The lowest BCUT2D eigenvalue weighted by Crippen LogP contribution is -2.31. The van der Waals surface area contributed by atoms with E-state index < -0.39 is 5.60 Å². The first kappa shape index (κ1) is 10.4. The molecule has 0 unspecified atom stereocenters. The van der Waals surface area contributed by atoms with E-state index in [1.54, 1.807) is 6.92 Å². The molecular formula is C10H12BrN3O. The summed E-state index contributed by atoms with van der Waals surface area (Å²) in [5.41, 5.74) is 6.14. The van der Waals surface area contributed by atoms with E-state index in [2.05, 4.69) is 25.9 Å². The molecule has 2 rings (SSSR count). The maximum Gasteiger partial charge on any atom is 0.227 e. The van der Waals surface area contributed by atoms with Crippen molar-refractivity contribution in [2.24, 2.45) is 0 Å². The van der Waals surface area contributed by atoms with Crippen LogP contribution in [0.15, 0.2) is 4.48 Å². The molecule has 4 nitrogen and oxygen atoms in total. The number of ether oxygens (including phenoxy) is 1. The van der Waals surface area contributed by atoms with E-state index in [4.69, 9.17) is 10.5 Å². The summed E-state index contributed by atoms with van der Waals surface area (Å²) in [6.45, 7) is 5.72. The number of rotatable bonds is 0. The highest BCUT2D eigenvalue weighted by molar-refractivity contribution is 9.11. The van der Waals surface area contributed by atoms with E-state index in [9.17, 15) is 0 Å². The van der Waals surface area contributed by atoms with E-state index in [1.165, 1.54) is 0 Å². The maximum absolute atomic E-state index is 5.80. The van der Waals surface area contributed by atoms with Crippen molar-refractivity contribution < 1.29 is 4.74 Å². The van der Waals surface area contributed by atoms with Crippen molar-refractivity contribution in [3.05, 3.63) is 15.9 Å². The molecule has 0 radical (unpaired) electrons. The minimum Gasteiger partial charge on any atom is -0.466 e. The lowest BCUT2D eigenvalue weighted by Gasteiger charge is -2.30. The molecule has 0 aliphatic carbocycles. The standard InChI is InChI=1S/C10H12BrN3O/c1-5-13-8(12)6-4-7(11)10(2,3)15-9(6)14-5/h4H,1-3H3,(H2,12,13,14). The topological polar surface area (TPSA) is 61.0 Å². The van der Waals surface area contributed by atoms with Gasteiger partial charge in [-0.3, -0.25) is 0 Å². The summed E-state index contributed by atoms with van der Waals surface area (Å²) in [6, 6.07) is 0. The molecule has 2 N–H and O–H groups in total. The molecule has 0 bridgehead atoms. The second-order valence-electron chi connectivity index (χ2n) is 3.98. The normalized spacial score (nSPS) is 17.7. The summed E-state index contributed by atoms with van der Waals surface area (Å²) in [6.07, 6.45) is 1.91. The van der Waals surface area contributed by atoms with Crippen LogP contribution in [0.1, 0.15) is 25.2 Å². The fraction of sp³-hybridized carbons (Fsp3) is 0.400. The fourth-order valence-corrected chi connectivity index (χ4v) is 1.69. The van der Waals surface area contributed by atoms with Crippen molar-refractivity contribution in [1.29, 1.82) is 0 Å². The molecule has 0 fully saturated rings. The summed E-state index contributed by atoms with van der Waals surface area (Å²) in [5.74, 6) is 1.62. The summed E-state index contributed by atoms with van der Waals surface area (Å²) < 4.78 is 6.68. The first-order valence-electron chi connectivity index (χ1n) is 4.61. The molecule has 2 heterocycles. The molecule has 15 heavy (non-hydrogen) atoms. The molecule has 1 aliphatic rings. The van der Waals surface area contributed by atoms with Crippen molar-refractivity contribution in [2.75, 3.05) is 5.73 Å². The van der Waals surface area contributed by atoms with Crippen molar-refractivity contribution in [3.63, 3.8) is 0 Å². The Hall–Kier alpha value is -1.10. The van der Waals surface area contributed by atoms with Crippen molar-refractivity contribution in [1.82, 2.24) is 9.97 Å². The monoisotopic (exact) mass is 269 g/mol. The molecule has 0 atom stereocenters. The van der Waals surface area contributed by atoms with E-state index in [0.29, 0.717) is 17.5 Å². The smallest absolute Gasteiger partial charge is 0.227 e. The Morgan fingerprint density at radius 1 is 1.40 bits per heavy atom. The Kier molecular flexibility index (Phi) is 2.22. The average molecular weight is 270 g/mol. The van der Waals surface area contributed by atoms with Crippen molar-refractivity contribution in [2.45, 2.75) is 26.4 Å². The van der Waals surface area contributed by atoms with Gasteiger partial charge in [0.1, 0.15) is 17.2 Å². The van der Waals surface area contributed by atoms with E-state index in [0.717, 1.165) is 10.0 Å². The molecule has 0 aromatic carbocycles. The van der Waals surface area contributed by atoms with Gasteiger partial charge in [-0.05, 0) is 26.8 Å². The van der Waals surface area contributed by atoms with Crippen LogP contribution in [0.2, 0.25) is 0 Å². The van der Waals surface area contributed by atoms with Gasteiger partial charge in [-0.2, -0.15) is 4.98 Å². The zero-order chi connectivity index (χ0) is 11.2. The highest BCUT2D eigenvalue weighted by Crippen LogP contribution is 2.38. The van der Waals surface area contributed by atoms with E-state index >= 15 is 0 Å². The number of aromatic nitrogens is 2. The van der Waals surface area contributed by atoms with Gasteiger partial charge in [-0.1, -0.05) is 15.9 Å². The number of hydrogen-bond donors (Lipinski definition) is 1. The summed E-state index contributed by atoms with van der Waals surface area (Å²) in [4.78, 5) is 8.32. The van der Waals surface area contributed by atoms with Crippen LogP contribution in [0, 0.1) is 6.92 Å². The van der Waals surface area contributed by atoms with Crippen LogP contribution in [-0.4, -0.2) is 15.6 Å². The lowest BCUT2D eigenvalue weighted by atomic mass is 10.0. The van der Waals surface area contributed by atoms with Crippen LogP contribution in [0.5, 0.6) is 5.88 Å². The van der Waals surface area contributed by atoms with Crippen LogP contribution in [-0.2, 0) is 0 Å². The first-order chi connectivity index (χ1) is 6.90. The number of fused-ring (bicyclic) bond motifs is 1. The SMILES string of the molecule is Cc1nc(N)c2c(n1)OC(C)(C)C(Br)=C2. The van der Waals surface area contributed by atoms with Gasteiger partial charge < -0.3 is 10.5 Å². The second kappa shape index (κ2) is 3.20. The van der Waals surface area contributed by atoms with Gasteiger partial charge in [-0.25, -0.2) is 4.98 Å². The Morgan fingerprint density at radius 2 is 2.07 bits per heavy atom. The number of aryl methyl sites for hydroxylation is 1. The van der Waals surface area contributed by atoms with Crippen molar-refractivity contribution >= 4 is 27.8 Å². The Morgan fingerprint density at radius 3 is 2.73 bits per heavy atom. The van der Waals surface area contributed by atoms with Gasteiger partial charge in [-0.15, -0.1) is 0 Å². The van der Waals surface area contributed by atoms with Crippen molar-refractivity contribution in [3.8, 4) is 5.88 Å². The number of halogens is 1. The Balaban J connectivity index is 2.62. The van der Waals surface area contributed by atoms with E-state index in [-0.39, 0.29) is 0 Å². The molecule has 80 valence electrons.